The van der Waals surface area contributed by atoms with E-state index >= 15 is 0 Å². The van der Waals surface area contributed by atoms with Gasteiger partial charge in [0.2, 0.25) is 0 Å². The zero-order valence-corrected chi connectivity index (χ0v) is 61.1. The number of aliphatic hydroxyl groups is 1. The Morgan fingerprint density at radius 2 is 0.641 bits per heavy atom. The first-order chi connectivity index (χ1) is 44.4. The summed E-state index contributed by atoms with van der Waals surface area (Å²) in [5, 5.41) is 10.6. The van der Waals surface area contributed by atoms with E-state index in [4.69, 9.17) is 37.0 Å². The molecule has 6 atom stereocenters. The van der Waals surface area contributed by atoms with E-state index in [9.17, 15) is 43.2 Å². The van der Waals surface area contributed by atoms with Crippen LogP contribution in [0.4, 0.5) is 0 Å². The van der Waals surface area contributed by atoms with Gasteiger partial charge in [-0.05, 0) is 63.2 Å². The molecule has 3 N–H and O–H groups in total. The van der Waals surface area contributed by atoms with Gasteiger partial charge in [-0.1, -0.05) is 297 Å². The number of phosphoric ester groups is 2. The number of phosphoric acid groups is 2. The van der Waals surface area contributed by atoms with Crippen molar-refractivity contribution in [1.82, 2.24) is 0 Å². The topological polar surface area (TPSA) is 237 Å². The van der Waals surface area contributed by atoms with Crippen molar-refractivity contribution in [1.29, 1.82) is 0 Å². The average Bonchev–Trinajstić information content (AvgIpc) is 3.12. The Labute approximate surface area is 561 Å². The second-order valence-electron chi connectivity index (χ2n) is 26.4. The lowest BCUT2D eigenvalue weighted by Gasteiger charge is -2.21. The fourth-order valence-electron chi connectivity index (χ4n) is 10.5. The third kappa shape index (κ3) is 64.9. The number of unbranched alkanes of at least 4 members (excludes halogenated alkanes) is 36. The van der Waals surface area contributed by atoms with Gasteiger partial charge in [0.25, 0.3) is 0 Å². The molecule has 0 saturated carbocycles. The van der Waals surface area contributed by atoms with Crippen LogP contribution in [0.3, 0.4) is 0 Å². The van der Waals surface area contributed by atoms with E-state index in [-0.39, 0.29) is 25.7 Å². The summed E-state index contributed by atoms with van der Waals surface area (Å²) in [4.78, 5) is 72.7. The van der Waals surface area contributed by atoms with Crippen LogP contribution in [0.1, 0.15) is 350 Å². The molecule has 0 aromatic rings. The van der Waals surface area contributed by atoms with Crippen molar-refractivity contribution in [3.8, 4) is 0 Å². The van der Waals surface area contributed by atoms with E-state index < -0.39 is 97.5 Å². The van der Waals surface area contributed by atoms with Gasteiger partial charge in [0, 0.05) is 25.7 Å². The summed E-state index contributed by atoms with van der Waals surface area (Å²) in [6.07, 6.45) is 53.4. The number of hydrogen-bond acceptors (Lipinski definition) is 15. The average molecular weight is 1350 g/mol. The van der Waals surface area contributed by atoms with Crippen LogP contribution in [-0.2, 0) is 65.4 Å². The number of aliphatic hydroxyl groups excluding tert-OH is 1. The van der Waals surface area contributed by atoms with E-state index in [1.54, 1.807) is 0 Å². The van der Waals surface area contributed by atoms with Gasteiger partial charge in [0.05, 0.1) is 26.4 Å². The molecule has 0 aliphatic rings. The van der Waals surface area contributed by atoms with Gasteiger partial charge in [-0.15, -0.1) is 0 Å². The van der Waals surface area contributed by atoms with Crippen LogP contribution in [0.5, 0.6) is 0 Å². The summed E-state index contributed by atoms with van der Waals surface area (Å²) in [6.45, 7) is 9.48. The molecule has 0 aliphatic heterocycles. The number of allylic oxidation sites excluding steroid dienone is 4. The Bertz CT molecular complexity index is 1880. The molecule has 0 heterocycles. The number of hydrogen-bond donors (Lipinski definition) is 3. The fourth-order valence-corrected chi connectivity index (χ4v) is 12.1. The van der Waals surface area contributed by atoms with Crippen LogP contribution in [0.15, 0.2) is 24.3 Å². The molecule has 0 saturated heterocycles. The summed E-state index contributed by atoms with van der Waals surface area (Å²) >= 11 is 0. The molecule has 3 unspecified atom stereocenters. The Kier molecular flexibility index (Phi) is 62.8. The lowest BCUT2D eigenvalue weighted by molar-refractivity contribution is -0.161. The Morgan fingerprint density at radius 3 is 0.978 bits per heavy atom. The smallest absolute Gasteiger partial charge is 0.462 e. The maximum absolute atomic E-state index is 13.0. The van der Waals surface area contributed by atoms with Crippen LogP contribution in [-0.4, -0.2) is 96.7 Å². The molecule has 0 amide bonds. The summed E-state index contributed by atoms with van der Waals surface area (Å²) in [7, 11) is -9.92. The van der Waals surface area contributed by atoms with Gasteiger partial charge in [-0.3, -0.25) is 37.3 Å². The van der Waals surface area contributed by atoms with Gasteiger partial charge >= 0.3 is 39.5 Å². The van der Waals surface area contributed by atoms with Gasteiger partial charge < -0.3 is 33.8 Å². The minimum Gasteiger partial charge on any atom is -0.462 e. The molecular formula is C73H138O17P2. The molecule has 0 rings (SSSR count). The van der Waals surface area contributed by atoms with E-state index in [1.165, 1.54) is 154 Å². The normalized spacial score (nSPS) is 14.5. The van der Waals surface area contributed by atoms with Crippen LogP contribution >= 0.6 is 15.6 Å². The molecule has 0 fully saturated rings. The van der Waals surface area contributed by atoms with Crippen LogP contribution in [0.25, 0.3) is 0 Å². The van der Waals surface area contributed by atoms with E-state index in [1.807, 2.05) is 0 Å². The third-order valence-corrected chi connectivity index (χ3v) is 18.6. The highest BCUT2D eigenvalue weighted by Gasteiger charge is 2.30. The van der Waals surface area contributed by atoms with E-state index in [0.29, 0.717) is 25.7 Å². The maximum Gasteiger partial charge on any atom is 0.472 e. The first-order valence-corrected chi connectivity index (χ1v) is 40.3. The summed E-state index contributed by atoms with van der Waals surface area (Å²) in [5.41, 5.74) is 0. The number of ether oxygens (including phenoxy) is 4. The highest BCUT2D eigenvalue weighted by Crippen LogP contribution is 2.45. The van der Waals surface area contributed by atoms with Crippen LogP contribution < -0.4 is 0 Å². The molecule has 92 heavy (non-hydrogen) atoms. The quantitative estimate of drug-likeness (QED) is 0.0169. The molecule has 0 aromatic carbocycles. The van der Waals surface area contributed by atoms with Crippen molar-refractivity contribution >= 4 is 39.5 Å². The molecule has 17 nitrogen and oxygen atoms in total. The molecule has 0 radical (unpaired) electrons. The van der Waals surface area contributed by atoms with Crippen molar-refractivity contribution in [2.24, 2.45) is 11.8 Å². The second kappa shape index (κ2) is 64.5. The minimum atomic E-state index is -4.96. The predicted octanol–water partition coefficient (Wildman–Crippen LogP) is 20.7. The first-order valence-electron chi connectivity index (χ1n) is 37.3. The highest BCUT2D eigenvalue weighted by molar-refractivity contribution is 7.47. The van der Waals surface area contributed by atoms with Crippen molar-refractivity contribution in [2.45, 2.75) is 368 Å². The van der Waals surface area contributed by atoms with Crippen molar-refractivity contribution < 1.29 is 80.2 Å². The number of carbonyl (C=O) groups is 4. The first kappa shape index (κ1) is 89.5. The molecule has 0 aromatic heterocycles. The van der Waals surface area contributed by atoms with Crippen molar-refractivity contribution in [3.63, 3.8) is 0 Å². The minimum absolute atomic E-state index is 0.0851. The zero-order valence-electron chi connectivity index (χ0n) is 59.3. The largest absolute Gasteiger partial charge is 0.472 e. The molecule has 0 aliphatic carbocycles. The van der Waals surface area contributed by atoms with Crippen LogP contribution in [0.2, 0.25) is 0 Å². The van der Waals surface area contributed by atoms with E-state index in [0.717, 1.165) is 115 Å². The second-order valence-corrected chi connectivity index (χ2v) is 29.3. The van der Waals surface area contributed by atoms with Crippen molar-refractivity contribution in [2.75, 3.05) is 39.6 Å². The monoisotopic (exact) mass is 1350 g/mol. The SMILES string of the molecule is CCCCCC/C=C\C=C/CCCCCCCC(=O)O[C@H](COC(=O)CCCCCCCCCCCCCCC)COP(=O)(O)OC[C@@H](O)COP(=O)(O)OC[C@@H](COC(=O)CCCCCCCCCCC(C)CC)OC(=O)CCCCCCCCCCCC(C)C. The Morgan fingerprint density at radius 1 is 0.359 bits per heavy atom. The van der Waals surface area contributed by atoms with Gasteiger partial charge in [-0.25, -0.2) is 9.13 Å². The number of esters is 4. The Balaban J connectivity index is 5.30. The van der Waals surface area contributed by atoms with Gasteiger partial charge in [0.15, 0.2) is 12.2 Å². The Hall–Kier alpha value is -2.46. The molecule has 542 valence electrons. The lowest BCUT2D eigenvalue weighted by Crippen LogP contribution is -2.30. The summed E-state index contributed by atoms with van der Waals surface area (Å²) in [5.74, 6) is -0.640. The van der Waals surface area contributed by atoms with Crippen LogP contribution in [0, 0.1) is 11.8 Å². The summed E-state index contributed by atoms with van der Waals surface area (Å²) in [6, 6.07) is 0. The standard InChI is InChI=1S/C73H138O17P2/c1-7-10-12-14-16-18-20-22-23-25-27-31-39-45-51-57-72(77)89-68(61-83-70(75)55-49-43-37-30-26-24-21-19-17-15-13-11-8-2)63-87-91(79,80)85-59-67(74)60-86-92(81,82)88-64-69(90-73(78)58-52-46-40-32-28-29-35-41-47-53-65(4)5)62-84-71(76)56-50-44-38-34-33-36-42-48-54-66(6)9-3/h18,20,22-23,65-69,74H,7-17,19,21,24-64H2,1-6H3,(H,79,80)(H,81,82)/b20-18-,23-22-/t66?,67-,68-,69-/m1/s1. The predicted molar refractivity (Wildman–Crippen MR) is 372 cm³/mol. The van der Waals surface area contributed by atoms with Gasteiger partial charge in [-0.2, -0.15) is 0 Å². The number of rotatable bonds is 70. The molecule has 19 heteroatoms. The lowest BCUT2D eigenvalue weighted by atomic mass is 9.99. The molecule has 0 spiro atoms. The molecular weight excluding hydrogens is 1210 g/mol. The fraction of sp³-hybridized carbons (Fsp3) is 0.890. The number of carbonyl (C=O) groups excluding carboxylic acids is 4. The zero-order chi connectivity index (χ0) is 67.9. The third-order valence-electron chi connectivity index (χ3n) is 16.7. The van der Waals surface area contributed by atoms with Gasteiger partial charge in [0.1, 0.15) is 19.3 Å². The van der Waals surface area contributed by atoms with Crippen molar-refractivity contribution in [3.05, 3.63) is 24.3 Å². The van der Waals surface area contributed by atoms with E-state index in [2.05, 4.69) is 65.8 Å². The summed E-state index contributed by atoms with van der Waals surface area (Å²) < 4.78 is 68.4. The molecule has 0 bridgehead atoms. The maximum atomic E-state index is 13.0. The highest BCUT2D eigenvalue weighted by atomic mass is 31.2.